The van der Waals surface area contributed by atoms with E-state index in [0.717, 1.165) is 17.8 Å². The summed E-state index contributed by atoms with van der Waals surface area (Å²) in [6.45, 7) is 1.06. The van der Waals surface area contributed by atoms with Crippen LogP contribution in [0.4, 0.5) is 0 Å². The highest BCUT2D eigenvalue weighted by atomic mass is 16.5. The molecule has 4 aliphatic carbocycles. The van der Waals surface area contributed by atoms with Gasteiger partial charge in [-0.15, -0.1) is 0 Å². The first-order valence-electron chi connectivity index (χ1n) is 8.61. The Balaban J connectivity index is 1.43. The molecule has 0 heterocycles. The summed E-state index contributed by atoms with van der Waals surface area (Å²) in [6.07, 6.45) is 8.47. The number of nitrogens with one attached hydrogen (secondary N) is 2. The van der Waals surface area contributed by atoms with Crippen LogP contribution in [0.15, 0.2) is 0 Å². The number of rotatable bonds is 7. The summed E-state index contributed by atoms with van der Waals surface area (Å²) in [6, 6.07) is 0. The van der Waals surface area contributed by atoms with Crippen LogP contribution < -0.4 is 10.6 Å². The van der Waals surface area contributed by atoms with Gasteiger partial charge in [0.05, 0.1) is 13.2 Å². The average Bonchev–Trinajstić information content (AvgIpc) is 2.43. The summed E-state index contributed by atoms with van der Waals surface area (Å²) in [7, 11) is 1.60. The number of methoxy groups -OCH3 is 1. The van der Waals surface area contributed by atoms with Crippen molar-refractivity contribution in [3.63, 3.8) is 0 Å². The molecule has 0 aromatic rings. The lowest BCUT2D eigenvalue weighted by molar-refractivity contribution is -0.131. The number of carbonyl (C=O) groups excluding carboxylic acids is 2. The van der Waals surface area contributed by atoms with Gasteiger partial charge in [-0.2, -0.15) is 0 Å². The largest absolute Gasteiger partial charge is 0.383 e. The molecule has 4 aliphatic rings. The van der Waals surface area contributed by atoms with Gasteiger partial charge >= 0.3 is 0 Å². The van der Waals surface area contributed by atoms with Crippen molar-refractivity contribution in [1.29, 1.82) is 0 Å². The van der Waals surface area contributed by atoms with E-state index in [2.05, 4.69) is 10.6 Å². The van der Waals surface area contributed by atoms with Crippen molar-refractivity contribution in [3.05, 3.63) is 0 Å². The number of ether oxygens (including phenoxy) is 1. The summed E-state index contributed by atoms with van der Waals surface area (Å²) in [5.74, 6) is 2.48. The van der Waals surface area contributed by atoms with Crippen LogP contribution in [0, 0.1) is 23.2 Å². The van der Waals surface area contributed by atoms with Crippen molar-refractivity contribution in [2.45, 2.75) is 44.9 Å². The molecule has 5 heteroatoms. The maximum Gasteiger partial charge on any atom is 0.239 e. The molecular formula is C17H28N2O3. The van der Waals surface area contributed by atoms with E-state index in [-0.39, 0.29) is 23.8 Å². The van der Waals surface area contributed by atoms with Crippen LogP contribution in [0.3, 0.4) is 0 Å². The molecule has 4 fully saturated rings. The van der Waals surface area contributed by atoms with Gasteiger partial charge in [0, 0.05) is 20.1 Å². The maximum atomic E-state index is 12.2. The molecule has 0 radical (unpaired) electrons. The van der Waals surface area contributed by atoms with Gasteiger partial charge in [0.1, 0.15) is 0 Å². The predicted octanol–water partition coefficient (Wildman–Crippen LogP) is 1.47. The molecule has 0 aromatic heterocycles. The van der Waals surface area contributed by atoms with Gasteiger partial charge in [-0.25, -0.2) is 0 Å². The third kappa shape index (κ3) is 3.62. The van der Waals surface area contributed by atoms with E-state index in [1.807, 2.05) is 0 Å². The smallest absolute Gasteiger partial charge is 0.239 e. The Bertz CT molecular complexity index is 400. The van der Waals surface area contributed by atoms with E-state index in [0.29, 0.717) is 19.6 Å². The molecule has 5 nitrogen and oxygen atoms in total. The van der Waals surface area contributed by atoms with Crippen LogP contribution in [0.25, 0.3) is 0 Å². The topological polar surface area (TPSA) is 67.4 Å². The summed E-state index contributed by atoms with van der Waals surface area (Å²) < 4.78 is 4.87. The number of amides is 2. The Kier molecular flexibility index (Phi) is 4.71. The normalized spacial score (nSPS) is 35.4. The number of hydrogen-bond donors (Lipinski definition) is 2. The van der Waals surface area contributed by atoms with Gasteiger partial charge in [-0.1, -0.05) is 0 Å². The second kappa shape index (κ2) is 6.57. The Labute approximate surface area is 132 Å². The van der Waals surface area contributed by atoms with E-state index in [9.17, 15) is 9.59 Å². The van der Waals surface area contributed by atoms with Crippen molar-refractivity contribution >= 4 is 11.8 Å². The van der Waals surface area contributed by atoms with Crippen molar-refractivity contribution < 1.29 is 14.3 Å². The van der Waals surface area contributed by atoms with Crippen molar-refractivity contribution in [1.82, 2.24) is 10.6 Å². The molecule has 0 saturated heterocycles. The maximum absolute atomic E-state index is 12.2. The SMILES string of the molecule is COCCNC(=O)CNC(=O)CC12CC3CC(CC(C3)C1)C2. The molecule has 0 spiro atoms. The van der Waals surface area contributed by atoms with Gasteiger partial charge in [-0.05, 0) is 61.7 Å². The zero-order valence-electron chi connectivity index (χ0n) is 13.5. The molecular weight excluding hydrogens is 280 g/mol. The molecule has 0 atom stereocenters. The number of hydrogen-bond acceptors (Lipinski definition) is 3. The Hall–Kier alpha value is -1.10. The molecule has 4 rings (SSSR count). The molecule has 2 amide bonds. The second-order valence-corrected chi connectivity index (χ2v) is 7.71. The monoisotopic (exact) mass is 308 g/mol. The van der Waals surface area contributed by atoms with Crippen molar-refractivity contribution in [2.75, 3.05) is 26.8 Å². The molecule has 0 aliphatic heterocycles. The van der Waals surface area contributed by atoms with Crippen LogP contribution in [0.2, 0.25) is 0 Å². The van der Waals surface area contributed by atoms with E-state index in [1.54, 1.807) is 7.11 Å². The minimum absolute atomic E-state index is 0.0452. The lowest BCUT2D eigenvalue weighted by atomic mass is 9.49. The van der Waals surface area contributed by atoms with Crippen molar-refractivity contribution in [2.24, 2.45) is 23.2 Å². The Morgan fingerprint density at radius 3 is 2.14 bits per heavy atom. The molecule has 2 N–H and O–H groups in total. The molecule has 0 unspecified atom stereocenters. The van der Waals surface area contributed by atoms with Gasteiger partial charge in [-0.3, -0.25) is 9.59 Å². The number of carbonyl (C=O) groups is 2. The molecule has 0 aromatic carbocycles. The third-order valence-electron chi connectivity index (χ3n) is 5.78. The quantitative estimate of drug-likeness (QED) is 0.700. The average molecular weight is 308 g/mol. The van der Waals surface area contributed by atoms with Gasteiger partial charge in [0.15, 0.2) is 0 Å². The van der Waals surface area contributed by atoms with E-state index >= 15 is 0 Å². The molecule has 22 heavy (non-hydrogen) atoms. The van der Waals surface area contributed by atoms with Crippen LogP contribution in [-0.2, 0) is 14.3 Å². The second-order valence-electron chi connectivity index (χ2n) is 7.71. The summed E-state index contributed by atoms with van der Waals surface area (Å²) in [5, 5.41) is 5.51. The first-order valence-corrected chi connectivity index (χ1v) is 8.61. The Morgan fingerprint density at radius 2 is 1.59 bits per heavy atom. The lowest BCUT2D eigenvalue weighted by Gasteiger charge is -2.56. The summed E-state index contributed by atoms with van der Waals surface area (Å²) >= 11 is 0. The molecule has 4 bridgehead atoms. The van der Waals surface area contributed by atoms with Crippen LogP contribution in [0.5, 0.6) is 0 Å². The predicted molar refractivity (Wildman–Crippen MR) is 83.1 cm³/mol. The fourth-order valence-corrected chi connectivity index (χ4v) is 5.44. The van der Waals surface area contributed by atoms with Gasteiger partial charge < -0.3 is 15.4 Å². The Morgan fingerprint density at radius 1 is 1.00 bits per heavy atom. The summed E-state index contributed by atoms with van der Waals surface area (Å²) in [4.78, 5) is 23.9. The standard InChI is InChI=1S/C17H28N2O3/c1-22-3-2-18-16(21)11-19-15(20)10-17-7-12-4-13(8-17)6-14(5-12)9-17/h12-14H,2-11H2,1H3,(H,18,21)(H,19,20). The highest BCUT2D eigenvalue weighted by Crippen LogP contribution is 2.61. The highest BCUT2D eigenvalue weighted by molar-refractivity contribution is 5.84. The fourth-order valence-electron chi connectivity index (χ4n) is 5.44. The van der Waals surface area contributed by atoms with Crippen LogP contribution in [0.1, 0.15) is 44.9 Å². The lowest BCUT2D eigenvalue weighted by Crippen LogP contribution is -2.48. The van der Waals surface area contributed by atoms with E-state index in [4.69, 9.17) is 4.74 Å². The minimum Gasteiger partial charge on any atom is -0.383 e. The minimum atomic E-state index is -0.143. The van der Waals surface area contributed by atoms with Crippen molar-refractivity contribution in [3.8, 4) is 0 Å². The summed E-state index contributed by atoms with van der Waals surface area (Å²) in [5.41, 5.74) is 0.241. The van der Waals surface area contributed by atoms with E-state index < -0.39 is 0 Å². The third-order valence-corrected chi connectivity index (χ3v) is 5.78. The van der Waals surface area contributed by atoms with Crippen LogP contribution >= 0.6 is 0 Å². The zero-order valence-corrected chi connectivity index (χ0v) is 13.5. The fraction of sp³-hybridized carbons (Fsp3) is 0.882. The highest BCUT2D eigenvalue weighted by Gasteiger charge is 2.51. The molecule has 4 saturated carbocycles. The van der Waals surface area contributed by atoms with E-state index in [1.165, 1.54) is 38.5 Å². The van der Waals surface area contributed by atoms with Crippen LogP contribution in [-0.4, -0.2) is 38.6 Å². The first kappa shape index (κ1) is 15.8. The molecule has 124 valence electrons. The first-order chi connectivity index (χ1) is 10.6. The van der Waals surface area contributed by atoms with Gasteiger partial charge in [0.25, 0.3) is 0 Å². The zero-order chi connectivity index (χ0) is 15.6. The van der Waals surface area contributed by atoms with Gasteiger partial charge in [0.2, 0.25) is 11.8 Å².